The number of H-pyrrole nitrogens is 1. The van der Waals surface area contributed by atoms with E-state index in [2.05, 4.69) is 27.6 Å². The topological polar surface area (TPSA) is 49.9 Å². The normalized spacial score (nSPS) is 18.5. The van der Waals surface area contributed by atoms with E-state index in [9.17, 15) is 0 Å². The number of ether oxygens (including phenoxy) is 1. The highest BCUT2D eigenvalue weighted by molar-refractivity contribution is 5.37. The van der Waals surface area contributed by atoms with E-state index in [1.54, 1.807) is 6.20 Å². The minimum absolute atomic E-state index is 0.364. The molecule has 17 heavy (non-hydrogen) atoms. The highest BCUT2D eigenvalue weighted by Gasteiger charge is 2.20. The summed E-state index contributed by atoms with van der Waals surface area (Å²) >= 11 is 0. The second kappa shape index (κ2) is 4.59. The highest BCUT2D eigenvalue weighted by atomic mass is 16.5. The van der Waals surface area contributed by atoms with Crippen molar-refractivity contribution in [3.8, 4) is 5.75 Å². The van der Waals surface area contributed by atoms with Crippen LogP contribution in [0.2, 0.25) is 0 Å². The van der Waals surface area contributed by atoms with Crippen LogP contribution in [0.4, 0.5) is 0 Å². The number of fused-ring (bicyclic) bond motifs is 1. The Kier molecular flexibility index (Phi) is 2.80. The van der Waals surface area contributed by atoms with Gasteiger partial charge in [-0.3, -0.25) is 5.10 Å². The van der Waals surface area contributed by atoms with E-state index in [1.165, 1.54) is 5.56 Å². The molecule has 3 rings (SSSR count). The van der Waals surface area contributed by atoms with Crippen LogP contribution in [0.15, 0.2) is 36.5 Å². The third kappa shape index (κ3) is 2.17. The third-order valence-electron chi connectivity index (χ3n) is 3.06. The lowest BCUT2D eigenvalue weighted by molar-refractivity contribution is 0.252. The third-order valence-corrected chi connectivity index (χ3v) is 3.06. The van der Waals surface area contributed by atoms with Gasteiger partial charge in [0.05, 0.1) is 6.61 Å². The van der Waals surface area contributed by atoms with Gasteiger partial charge in [0.1, 0.15) is 5.75 Å². The zero-order chi connectivity index (χ0) is 11.5. The first-order valence-electron chi connectivity index (χ1n) is 5.87. The average molecular weight is 229 g/mol. The van der Waals surface area contributed by atoms with Gasteiger partial charge < -0.3 is 10.1 Å². The van der Waals surface area contributed by atoms with Gasteiger partial charge >= 0.3 is 0 Å². The van der Waals surface area contributed by atoms with Crippen LogP contribution in [0.5, 0.6) is 5.75 Å². The molecule has 0 saturated heterocycles. The SMILES string of the molecule is c1ccc2c(c1)OCCC2NCc1ccn[nH]1. The maximum atomic E-state index is 5.63. The van der Waals surface area contributed by atoms with Crippen molar-refractivity contribution in [2.24, 2.45) is 0 Å². The van der Waals surface area contributed by atoms with Crippen LogP contribution in [-0.2, 0) is 6.54 Å². The van der Waals surface area contributed by atoms with Crippen molar-refractivity contribution in [1.82, 2.24) is 15.5 Å². The summed E-state index contributed by atoms with van der Waals surface area (Å²) in [6.45, 7) is 1.58. The number of hydrogen-bond acceptors (Lipinski definition) is 3. The van der Waals surface area contributed by atoms with Gasteiger partial charge in [-0.2, -0.15) is 5.10 Å². The maximum Gasteiger partial charge on any atom is 0.124 e. The number of aromatic amines is 1. The largest absolute Gasteiger partial charge is 0.493 e. The molecule has 2 N–H and O–H groups in total. The van der Waals surface area contributed by atoms with Crippen molar-refractivity contribution in [2.45, 2.75) is 19.0 Å². The first kappa shape index (κ1) is 10.4. The molecule has 0 radical (unpaired) electrons. The first-order valence-corrected chi connectivity index (χ1v) is 5.87. The van der Waals surface area contributed by atoms with Crippen LogP contribution in [0.3, 0.4) is 0 Å². The summed E-state index contributed by atoms with van der Waals surface area (Å²) in [6, 6.07) is 10.6. The van der Waals surface area contributed by atoms with Crippen LogP contribution < -0.4 is 10.1 Å². The smallest absolute Gasteiger partial charge is 0.124 e. The Labute approximate surface area is 100 Å². The number of rotatable bonds is 3. The Morgan fingerprint density at radius 3 is 3.18 bits per heavy atom. The number of nitrogens with zero attached hydrogens (tertiary/aromatic N) is 1. The lowest BCUT2D eigenvalue weighted by Gasteiger charge is -2.26. The summed E-state index contributed by atoms with van der Waals surface area (Å²) in [4.78, 5) is 0. The Morgan fingerprint density at radius 1 is 1.35 bits per heavy atom. The number of hydrogen-bond donors (Lipinski definition) is 2. The van der Waals surface area contributed by atoms with Gasteiger partial charge in [0.15, 0.2) is 0 Å². The van der Waals surface area contributed by atoms with Crippen LogP contribution in [0.25, 0.3) is 0 Å². The van der Waals surface area contributed by atoms with Gasteiger partial charge in [0, 0.05) is 36.5 Å². The molecule has 0 aliphatic carbocycles. The molecular formula is C13H15N3O. The molecule has 2 aromatic rings. The van der Waals surface area contributed by atoms with E-state index in [4.69, 9.17) is 4.74 Å². The minimum atomic E-state index is 0.364. The predicted octanol–water partition coefficient (Wildman–Crippen LogP) is 2.02. The fraction of sp³-hybridized carbons (Fsp3) is 0.308. The Balaban J connectivity index is 1.72. The predicted molar refractivity (Wildman–Crippen MR) is 64.7 cm³/mol. The van der Waals surface area contributed by atoms with Crippen LogP contribution in [-0.4, -0.2) is 16.8 Å². The van der Waals surface area contributed by atoms with Crippen molar-refractivity contribution in [2.75, 3.05) is 6.61 Å². The van der Waals surface area contributed by atoms with Gasteiger partial charge in [0.2, 0.25) is 0 Å². The molecule has 1 unspecified atom stereocenters. The second-order valence-electron chi connectivity index (χ2n) is 4.19. The number of nitrogens with one attached hydrogen (secondary N) is 2. The Morgan fingerprint density at radius 2 is 2.29 bits per heavy atom. The lowest BCUT2D eigenvalue weighted by atomic mass is 10.0. The molecule has 4 heteroatoms. The molecule has 4 nitrogen and oxygen atoms in total. The molecule has 1 aliphatic heterocycles. The fourth-order valence-electron chi connectivity index (χ4n) is 2.17. The quantitative estimate of drug-likeness (QED) is 0.846. The lowest BCUT2D eigenvalue weighted by Crippen LogP contribution is -2.26. The highest BCUT2D eigenvalue weighted by Crippen LogP contribution is 2.31. The Bertz CT molecular complexity index is 481. The van der Waals surface area contributed by atoms with Crippen molar-refractivity contribution in [3.05, 3.63) is 47.8 Å². The summed E-state index contributed by atoms with van der Waals surface area (Å²) in [5.41, 5.74) is 2.35. The minimum Gasteiger partial charge on any atom is -0.493 e. The molecular weight excluding hydrogens is 214 g/mol. The van der Waals surface area contributed by atoms with E-state index in [0.717, 1.165) is 31.0 Å². The summed E-state index contributed by atoms with van der Waals surface area (Å²) in [5, 5.41) is 10.4. The van der Waals surface area contributed by atoms with Crippen molar-refractivity contribution >= 4 is 0 Å². The molecule has 0 fully saturated rings. The number of aromatic nitrogens is 2. The van der Waals surface area contributed by atoms with Gasteiger partial charge in [0.25, 0.3) is 0 Å². The maximum absolute atomic E-state index is 5.63. The van der Waals surface area contributed by atoms with E-state index >= 15 is 0 Å². The number of benzene rings is 1. The van der Waals surface area contributed by atoms with Crippen LogP contribution >= 0.6 is 0 Å². The number of para-hydroxylation sites is 1. The molecule has 0 bridgehead atoms. The standard InChI is InChI=1S/C13H15N3O/c1-2-4-13-11(3-1)12(6-8-17-13)14-9-10-5-7-15-16-10/h1-5,7,12,14H,6,8-9H2,(H,15,16). The van der Waals surface area contributed by atoms with Gasteiger partial charge in [-0.25, -0.2) is 0 Å². The van der Waals surface area contributed by atoms with Crippen molar-refractivity contribution in [3.63, 3.8) is 0 Å². The van der Waals surface area contributed by atoms with Crippen molar-refractivity contribution < 1.29 is 4.74 Å². The second-order valence-corrected chi connectivity index (χ2v) is 4.19. The van der Waals surface area contributed by atoms with Gasteiger partial charge in [-0.1, -0.05) is 18.2 Å². The molecule has 0 amide bonds. The zero-order valence-corrected chi connectivity index (χ0v) is 9.52. The van der Waals surface area contributed by atoms with E-state index in [-0.39, 0.29) is 0 Å². The van der Waals surface area contributed by atoms with E-state index in [0.29, 0.717) is 6.04 Å². The van der Waals surface area contributed by atoms with E-state index < -0.39 is 0 Å². The molecule has 1 aliphatic rings. The molecule has 88 valence electrons. The van der Waals surface area contributed by atoms with Crippen molar-refractivity contribution in [1.29, 1.82) is 0 Å². The first-order chi connectivity index (χ1) is 8.43. The van der Waals surface area contributed by atoms with E-state index in [1.807, 2.05) is 18.2 Å². The summed E-state index contributed by atoms with van der Waals surface area (Å²) in [7, 11) is 0. The van der Waals surface area contributed by atoms with Crippen LogP contribution in [0, 0.1) is 0 Å². The summed E-state index contributed by atoms with van der Waals surface area (Å²) in [5.74, 6) is 1.00. The molecule has 1 atom stereocenters. The summed E-state index contributed by atoms with van der Waals surface area (Å²) in [6.07, 6.45) is 2.78. The van der Waals surface area contributed by atoms with Gasteiger partial charge in [-0.15, -0.1) is 0 Å². The molecule has 1 aromatic heterocycles. The molecule has 1 aromatic carbocycles. The summed E-state index contributed by atoms with van der Waals surface area (Å²) < 4.78 is 5.63. The molecule has 2 heterocycles. The Hall–Kier alpha value is -1.81. The molecule has 0 saturated carbocycles. The average Bonchev–Trinajstić information content (AvgIpc) is 2.89. The monoisotopic (exact) mass is 229 g/mol. The van der Waals surface area contributed by atoms with Crippen LogP contribution in [0.1, 0.15) is 23.7 Å². The zero-order valence-electron chi connectivity index (χ0n) is 9.52. The molecule has 0 spiro atoms. The van der Waals surface area contributed by atoms with Gasteiger partial charge in [-0.05, 0) is 12.1 Å². The fourth-order valence-corrected chi connectivity index (χ4v) is 2.17.